The average molecular weight is 323 g/mol. The molecule has 2 N–H and O–H groups in total. The second-order valence-corrected chi connectivity index (χ2v) is 6.75. The van der Waals surface area contributed by atoms with E-state index in [1.54, 1.807) is 0 Å². The molecule has 0 radical (unpaired) electrons. The maximum atomic E-state index is 11.6. The van der Waals surface area contributed by atoms with Crippen molar-refractivity contribution in [2.24, 2.45) is 0 Å². The van der Waals surface area contributed by atoms with Crippen LogP contribution in [0.4, 0.5) is 4.79 Å². The number of hydrogen-bond donors (Lipinski definition) is 2. The molecule has 0 aliphatic carbocycles. The topological polar surface area (TPSA) is 67.8 Å². The lowest BCUT2D eigenvalue weighted by molar-refractivity contribution is 0.0527. The maximum Gasteiger partial charge on any atom is 0.407 e. The summed E-state index contributed by atoms with van der Waals surface area (Å²) in [6.45, 7) is 9.87. The van der Waals surface area contributed by atoms with Crippen LogP contribution in [0.5, 0.6) is 5.75 Å². The fourth-order valence-corrected chi connectivity index (χ4v) is 2.02. The van der Waals surface area contributed by atoms with Gasteiger partial charge in [0.15, 0.2) is 0 Å². The molecule has 5 heteroatoms. The van der Waals surface area contributed by atoms with Crippen LogP contribution < -0.4 is 10.1 Å². The van der Waals surface area contributed by atoms with E-state index in [2.05, 4.69) is 5.32 Å². The number of rotatable bonds is 7. The van der Waals surface area contributed by atoms with E-state index in [9.17, 15) is 4.79 Å². The van der Waals surface area contributed by atoms with Crippen molar-refractivity contribution in [3.05, 3.63) is 29.3 Å². The zero-order valence-electron chi connectivity index (χ0n) is 14.8. The van der Waals surface area contributed by atoms with Gasteiger partial charge in [-0.05, 0) is 64.7 Å². The Bertz CT molecular complexity index is 508. The molecule has 130 valence electrons. The number of amides is 1. The Morgan fingerprint density at radius 1 is 1.35 bits per heavy atom. The van der Waals surface area contributed by atoms with Crippen LogP contribution in [-0.2, 0) is 11.2 Å². The first kappa shape index (κ1) is 19.3. The molecule has 0 unspecified atom stereocenters. The molecule has 23 heavy (non-hydrogen) atoms. The molecule has 5 nitrogen and oxygen atoms in total. The van der Waals surface area contributed by atoms with Crippen molar-refractivity contribution in [1.29, 1.82) is 0 Å². The quantitative estimate of drug-likeness (QED) is 0.756. The van der Waals surface area contributed by atoms with E-state index in [0.717, 1.165) is 29.7 Å². The molecule has 1 rings (SSSR count). The number of aliphatic hydroxyl groups is 1. The summed E-state index contributed by atoms with van der Waals surface area (Å²) in [5, 5.41) is 11.9. The van der Waals surface area contributed by atoms with Gasteiger partial charge < -0.3 is 19.9 Å². The summed E-state index contributed by atoms with van der Waals surface area (Å²) in [5.74, 6) is 0.795. The Balaban J connectivity index is 2.50. The number of hydrogen-bond acceptors (Lipinski definition) is 4. The third-order valence-electron chi connectivity index (χ3n) is 3.10. The van der Waals surface area contributed by atoms with Gasteiger partial charge >= 0.3 is 6.09 Å². The minimum absolute atomic E-state index is 0.0203. The molecular formula is C18H29NO4. The lowest BCUT2D eigenvalue weighted by Crippen LogP contribution is -2.33. The Hall–Kier alpha value is -1.75. The van der Waals surface area contributed by atoms with Crippen molar-refractivity contribution >= 4 is 6.09 Å². The largest absolute Gasteiger partial charge is 0.488 e. The molecule has 0 aliphatic rings. The normalized spacial score (nSPS) is 12.6. The molecule has 1 atom stereocenters. The SMILES string of the molecule is Cc1ccc(CCCNC(=O)OC(C)(C)C)c(O[C@H](C)CO)c1. The highest BCUT2D eigenvalue weighted by Crippen LogP contribution is 2.23. The summed E-state index contributed by atoms with van der Waals surface area (Å²) in [6, 6.07) is 6.04. The number of benzene rings is 1. The van der Waals surface area contributed by atoms with Crippen molar-refractivity contribution in [1.82, 2.24) is 5.32 Å². The number of alkyl carbamates (subject to hydrolysis) is 1. The van der Waals surface area contributed by atoms with Crippen LogP contribution >= 0.6 is 0 Å². The van der Waals surface area contributed by atoms with Gasteiger partial charge in [-0.3, -0.25) is 0 Å². The fraction of sp³-hybridized carbons (Fsp3) is 0.611. The second kappa shape index (κ2) is 8.77. The second-order valence-electron chi connectivity index (χ2n) is 6.75. The average Bonchev–Trinajstić information content (AvgIpc) is 2.43. The van der Waals surface area contributed by atoms with E-state index in [0.29, 0.717) is 6.54 Å². The van der Waals surface area contributed by atoms with Crippen LogP contribution in [0.2, 0.25) is 0 Å². The first-order chi connectivity index (χ1) is 10.7. The Kier molecular flexibility index (Phi) is 7.36. The minimum atomic E-state index is -0.484. The number of aryl methyl sites for hydroxylation is 2. The molecule has 0 saturated heterocycles. The number of ether oxygens (including phenoxy) is 2. The van der Waals surface area contributed by atoms with E-state index in [4.69, 9.17) is 14.6 Å². The van der Waals surface area contributed by atoms with Crippen molar-refractivity contribution in [2.75, 3.05) is 13.2 Å². The van der Waals surface area contributed by atoms with Crippen LogP contribution in [0.1, 0.15) is 45.2 Å². The van der Waals surface area contributed by atoms with Gasteiger partial charge in [0.05, 0.1) is 6.61 Å². The van der Waals surface area contributed by atoms with E-state index in [1.807, 2.05) is 52.8 Å². The lowest BCUT2D eigenvalue weighted by Gasteiger charge is -2.20. The van der Waals surface area contributed by atoms with E-state index in [-0.39, 0.29) is 12.7 Å². The third kappa shape index (κ3) is 7.88. The monoisotopic (exact) mass is 323 g/mol. The molecule has 0 fully saturated rings. The van der Waals surface area contributed by atoms with E-state index < -0.39 is 11.7 Å². The first-order valence-electron chi connectivity index (χ1n) is 8.05. The van der Waals surface area contributed by atoms with Crippen LogP contribution in [-0.4, -0.2) is 36.1 Å². The van der Waals surface area contributed by atoms with E-state index >= 15 is 0 Å². The third-order valence-corrected chi connectivity index (χ3v) is 3.10. The van der Waals surface area contributed by atoms with Crippen LogP contribution in [0, 0.1) is 6.92 Å². The van der Waals surface area contributed by atoms with Gasteiger partial charge in [0, 0.05) is 6.54 Å². The predicted molar refractivity (Wildman–Crippen MR) is 90.9 cm³/mol. The van der Waals surface area contributed by atoms with Gasteiger partial charge in [0.2, 0.25) is 0 Å². The predicted octanol–water partition coefficient (Wildman–Crippen LogP) is 3.21. The number of aliphatic hydroxyl groups excluding tert-OH is 1. The minimum Gasteiger partial charge on any atom is -0.488 e. The molecule has 0 aromatic heterocycles. The van der Waals surface area contributed by atoms with Crippen molar-refractivity contribution < 1.29 is 19.4 Å². The zero-order chi connectivity index (χ0) is 17.5. The van der Waals surface area contributed by atoms with E-state index in [1.165, 1.54) is 0 Å². The van der Waals surface area contributed by atoms with Crippen LogP contribution in [0.3, 0.4) is 0 Å². The highest BCUT2D eigenvalue weighted by Gasteiger charge is 2.15. The van der Waals surface area contributed by atoms with Crippen molar-refractivity contribution in [2.45, 2.75) is 59.2 Å². The lowest BCUT2D eigenvalue weighted by atomic mass is 10.1. The number of carbonyl (C=O) groups is 1. The molecule has 0 saturated carbocycles. The standard InChI is InChI=1S/C18H29NO4/c1-13-8-9-15(16(11-13)22-14(2)12-20)7-6-10-19-17(21)23-18(3,4)5/h8-9,11,14,20H,6-7,10,12H2,1-5H3,(H,19,21)/t14-/m1/s1. The van der Waals surface area contributed by atoms with Gasteiger partial charge in [0.25, 0.3) is 0 Å². The van der Waals surface area contributed by atoms with Crippen molar-refractivity contribution in [3.63, 3.8) is 0 Å². The summed E-state index contributed by atoms with van der Waals surface area (Å²) >= 11 is 0. The molecule has 0 aliphatic heterocycles. The van der Waals surface area contributed by atoms with Gasteiger partial charge in [0.1, 0.15) is 17.5 Å². The smallest absolute Gasteiger partial charge is 0.407 e. The zero-order valence-corrected chi connectivity index (χ0v) is 14.8. The Labute approximate surface area is 139 Å². The molecular weight excluding hydrogens is 294 g/mol. The van der Waals surface area contributed by atoms with Crippen LogP contribution in [0.25, 0.3) is 0 Å². The highest BCUT2D eigenvalue weighted by molar-refractivity contribution is 5.67. The highest BCUT2D eigenvalue weighted by atomic mass is 16.6. The molecule has 1 aromatic carbocycles. The van der Waals surface area contributed by atoms with Gasteiger partial charge in [-0.2, -0.15) is 0 Å². The van der Waals surface area contributed by atoms with Crippen LogP contribution in [0.15, 0.2) is 18.2 Å². The molecule has 0 heterocycles. The Morgan fingerprint density at radius 2 is 2.04 bits per heavy atom. The first-order valence-corrected chi connectivity index (χ1v) is 8.05. The van der Waals surface area contributed by atoms with Crippen molar-refractivity contribution in [3.8, 4) is 5.75 Å². The van der Waals surface area contributed by atoms with Gasteiger partial charge in [-0.1, -0.05) is 12.1 Å². The fourth-order valence-electron chi connectivity index (χ4n) is 2.02. The summed E-state index contributed by atoms with van der Waals surface area (Å²) in [6.07, 6.45) is 0.928. The molecule has 0 bridgehead atoms. The maximum absolute atomic E-state index is 11.6. The molecule has 1 amide bonds. The summed E-state index contributed by atoms with van der Waals surface area (Å²) in [4.78, 5) is 11.6. The van der Waals surface area contributed by atoms with Gasteiger partial charge in [-0.15, -0.1) is 0 Å². The number of nitrogens with one attached hydrogen (secondary N) is 1. The Morgan fingerprint density at radius 3 is 2.65 bits per heavy atom. The summed E-state index contributed by atoms with van der Waals surface area (Å²) in [5.41, 5.74) is 1.70. The molecule has 1 aromatic rings. The number of carbonyl (C=O) groups excluding carboxylic acids is 1. The molecule has 0 spiro atoms. The summed E-state index contributed by atoms with van der Waals surface area (Å²) in [7, 11) is 0. The summed E-state index contributed by atoms with van der Waals surface area (Å²) < 4.78 is 11.0. The van der Waals surface area contributed by atoms with Gasteiger partial charge in [-0.25, -0.2) is 4.79 Å².